The highest BCUT2D eigenvalue weighted by Gasteiger charge is 2.15. The van der Waals surface area contributed by atoms with Crippen LogP contribution in [-0.4, -0.2) is 24.7 Å². The Bertz CT molecular complexity index is 1540. The molecule has 0 aliphatic heterocycles. The number of amides is 2. The average Bonchev–Trinajstić information content (AvgIpc) is 2.96. The van der Waals surface area contributed by atoms with Gasteiger partial charge in [0.1, 0.15) is 11.4 Å². The van der Waals surface area contributed by atoms with Crippen molar-refractivity contribution in [3.63, 3.8) is 0 Å². The number of ketones is 1. The van der Waals surface area contributed by atoms with Crippen LogP contribution in [0.25, 0.3) is 12.2 Å². The smallest absolute Gasteiger partial charge is 0.272 e. The first-order chi connectivity index (χ1) is 18.9. The minimum absolute atomic E-state index is 0.0502. The van der Waals surface area contributed by atoms with E-state index in [2.05, 4.69) is 26.6 Å². The van der Waals surface area contributed by atoms with Crippen LogP contribution in [0.4, 0.5) is 5.69 Å². The Morgan fingerprint density at radius 2 is 1.49 bits per heavy atom. The van der Waals surface area contributed by atoms with E-state index in [4.69, 9.17) is 4.74 Å². The number of benzene rings is 4. The summed E-state index contributed by atoms with van der Waals surface area (Å²) in [5.74, 6) is -0.484. The van der Waals surface area contributed by atoms with Crippen molar-refractivity contribution in [2.24, 2.45) is 0 Å². The van der Waals surface area contributed by atoms with E-state index >= 15 is 0 Å². The maximum absolute atomic E-state index is 13.2. The molecule has 6 nitrogen and oxygen atoms in total. The summed E-state index contributed by atoms with van der Waals surface area (Å²) in [4.78, 5) is 38.7. The molecule has 0 aromatic heterocycles. The van der Waals surface area contributed by atoms with Gasteiger partial charge in [0.05, 0.1) is 7.11 Å². The second-order valence-corrected chi connectivity index (χ2v) is 9.35. The number of halogens is 1. The zero-order chi connectivity index (χ0) is 27.6. The number of methoxy groups -OCH3 is 1. The van der Waals surface area contributed by atoms with Crippen molar-refractivity contribution in [3.05, 3.63) is 142 Å². The monoisotopic (exact) mass is 580 g/mol. The maximum atomic E-state index is 13.2. The number of ether oxygens (including phenoxy) is 1. The van der Waals surface area contributed by atoms with Crippen LogP contribution in [0.2, 0.25) is 0 Å². The molecule has 0 fully saturated rings. The molecule has 0 bridgehead atoms. The Labute approximate surface area is 235 Å². The highest BCUT2D eigenvalue weighted by atomic mass is 79.9. The molecule has 0 atom stereocenters. The van der Waals surface area contributed by atoms with E-state index in [-0.39, 0.29) is 11.5 Å². The number of hydrogen-bond acceptors (Lipinski definition) is 4. The molecule has 39 heavy (non-hydrogen) atoms. The highest BCUT2D eigenvalue weighted by Crippen LogP contribution is 2.18. The van der Waals surface area contributed by atoms with E-state index in [0.29, 0.717) is 28.1 Å². The summed E-state index contributed by atoms with van der Waals surface area (Å²) in [6, 6.07) is 29.9. The molecule has 2 N–H and O–H groups in total. The lowest BCUT2D eigenvalue weighted by Gasteiger charge is -2.12. The third-order valence-corrected chi connectivity index (χ3v) is 6.13. The first-order valence-electron chi connectivity index (χ1n) is 12.0. The van der Waals surface area contributed by atoms with Crippen LogP contribution in [-0.2, 0) is 4.79 Å². The summed E-state index contributed by atoms with van der Waals surface area (Å²) >= 11 is 3.42. The van der Waals surface area contributed by atoms with Crippen molar-refractivity contribution in [1.82, 2.24) is 5.32 Å². The predicted molar refractivity (Wildman–Crippen MR) is 157 cm³/mol. The van der Waals surface area contributed by atoms with Crippen LogP contribution in [0.15, 0.2) is 119 Å². The van der Waals surface area contributed by atoms with Gasteiger partial charge in [-0.05, 0) is 83.9 Å². The lowest BCUT2D eigenvalue weighted by molar-refractivity contribution is -0.113. The zero-order valence-electron chi connectivity index (χ0n) is 21.1. The van der Waals surface area contributed by atoms with Gasteiger partial charge >= 0.3 is 0 Å². The van der Waals surface area contributed by atoms with E-state index in [1.54, 1.807) is 98.1 Å². The Morgan fingerprint density at radius 3 is 2.21 bits per heavy atom. The molecule has 0 saturated carbocycles. The quantitative estimate of drug-likeness (QED) is 0.169. The summed E-state index contributed by atoms with van der Waals surface area (Å²) in [5.41, 5.74) is 2.98. The Kier molecular flexibility index (Phi) is 9.21. The number of nitrogens with one attached hydrogen (secondary N) is 2. The van der Waals surface area contributed by atoms with Gasteiger partial charge in [0.25, 0.3) is 11.8 Å². The highest BCUT2D eigenvalue weighted by molar-refractivity contribution is 9.10. The Hall–Kier alpha value is -4.75. The van der Waals surface area contributed by atoms with Crippen molar-refractivity contribution in [2.45, 2.75) is 0 Å². The van der Waals surface area contributed by atoms with Gasteiger partial charge in [-0.2, -0.15) is 0 Å². The van der Waals surface area contributed by atoms with Gasteiger partial charge < -0.3 is 15.4 Å². The van der Waals surface area contributed by atoms with E-state index in [1.165, 1.54) is 6.08 Å². The van der Waals surface area contributed by atoms with Gasteiger partial charge in [-0.15, -0.1) is 0 Å². The van der Waals surface area contributed by atoms with Gasteiger partial charge in [-0.25, -0.2) is 0 Å². The fraction of sp³-hybridized carbons (Fsp3) is 0.0312. The molecule has 194 valence electrons. The maximum Gasteiger partial charge on any atom is 0.272 e. The minimum Gasteiger partial charge on any atom is -0.497 e. The lowest BCUT2D eigenvalue weighted by atomic mass is 10.1. The molecule has 4 aromatic carbocycles. The minimum atomic E-state index is -0.518. The van der Waals surface area contributed by atoms with Crippen LogP contribution in [0, 0.1) is 0 Å². The molecular formula is C32H25BrN2O4. The fourth-order valence-electron chi connectivity index (χ4n) is 3.64. The SMILES string of the molecule is COc1cccc(/C=C(\NC(=O)c2ccccc2)C(=O)Nc2ccc(C(=O)/C=C/c3cccc(Br)c3)cc2)c1. The van der Waals surface area contributed by atoms with E-state index in [0.717, 1.165) is 10.0 Å². The number of carbonyl (C=O) groups is 3. The second-order valence-electron chi connectivity index (χ2n) is 8.44. The third kappa shape index (κ3) is 7.87. The van der Waals surface area contributed by atoms with E-state index in [1.807, 2.05) is 24.3 Å². The van der Waals surface area contributed by atoms with E-state index in [9.17, 15) is 14.4 Å². The molecule has 0 aliphatic carbocycles. The molecule has 0 unspecified atom stereocenters. The average molecular weight is 581 g/mol. The molecule has 0 spiro atoms. The van der Waals surface area contributed by atoms with Gasteiger partial charge in [0.15, 0.2) is 5.78 Å². The van der Waals surface area contributed by atoms with Gasteiger partial charge in [0.2, 0.25) is 0 Å². The van der Waals surface area contributed by atoms with Gasteiger partial charge in [-0.1, -0.05) is 64.5 Å². The van der Waals surface area contributed by atoms with Crippen molar-refractivity contribution < 1.29 is 19.1 Å². The molecule has 0 saturated heterocycles. The third-order valence-electron chi connectivity index (χ3n) is 5.64. The first-order valence-corrected chi connectivity index (χ1v) is 12.8. The Morgan fingerprint density at radius 1 is 0.769 bits per heavy atom. The van der Waals surface area contributed by atoms with Crippen LogP contribution in [0.1, 0.15) is 31.8 Å². The predicted octanol–water partition coefficient (Wildman–Crippen LogP) is 6.76. The van der Waals surface area contributed by atoms with Gasteiger partial charge in [0, 0.05) is 21.3 Å². The molecule has 0 radical (unpaired) electrons. The van der Waals surface area contributed by atoms with Crippen LogP contribution >= 0.6 is 15.9 Å². The fourth-order valence-corrected chi connectivity index (χ4v) is 4.05. The zero-order valence-corrected chi connectivity index (χ0v) is 22.6. The normalized spacial score (nSPS) is 11.2. The van der Waals surface area contributed by atoms with Crippen LogP contribution in [0.5, 0.6) is 5.75 Å². The van der Waals surface area contributed by atoms with E-state index < -0.39 is 11.8 Å². The van der Waals surface area contributed by atoms with Crippen LogP contribution in [0.3, 0.4) is 0 Å². The first kappa shape index (κ1) is 27.3. The summed E-state index contributed by atoms with van der Waals surface area (Å²) in [6.45, 7) is 0. The molecule has 7 heteroatoms. The molecule has 0 aliphatic rings. The number of rotatable bonds is 9. The summed E-state index contributed by atoms with van der Waals surface area (Å²) in [6.07, 6.45) is 4.82. The number of hydrogen-bond donors (Lipinski definition) is 2. The molecular weight excluding hydrogens is 556 g/mol. The lowest BCUT2D eigenvalue weighted by Crippen LogP contribution is -2.30. The molecule has 0 heterocycles. The summed E-state index contributed by atoms with van der Waals surface area (Å²) in [7, 11) is 1.55. The Balaban J connectivity index is 1.50. The largest absolute Gasteiger partial charge is 0.497 e. The van der Waals surface area contributed by atoms with Gasteiger partial charge in [-0.3, -0.25) is 14.4 Å². The topological polar surface area (TPSA) is 84.5 Å². The van der Waals surface area contributed by atoms with Crippen molar-refractivity contribution in [1.29, 1.82) is 0 Å². The molecule has 4 aromatic rings. The van der Waals surface area contributed by atoms with Crippen molar-refractivity contribution in [3.8, 4) is 5.75 Å². The number of anilines is 1. The summed E-state index contributed by atoms with van der Waals surface area (Å²) < 4.78 is 6.20. The number of allylic oxidation sites excluding steroid dienone is 1. The number of carbonyl (C=O) groups excluding carboxylic acids is 3. The molecule has 2 amide bonds. The van der Waals surface area contributed by atoms with Crippen molar-refractivity contribution in [2.75, 3.05) is 12.4 Å². The molecule has 4 rings (SSSR count). The standard InChI is InChI=1S/C32H25BrN2O4/c1-39-28-12-6-8-23(20-28)21-29(35-31(37)25-9-3-2-4-10-25)32(38)34-27-16-14-24(15-17-27)30(36)18-13-22-7-5-11-26(33)19-22/h2-21H,1H3,(H,34,38)(H,35,37)/b18-13+,29-21-. The second kappa shape index (κ2) is 13.2. The van der Waals surface area contributed by atoms with Crippen molar-refractivity contribution >= 4 is 51.4 Å². The summed E-state index contributed by atoms with van der Waals surface area (Å²) in [5, 5.41) is 5.50. The van der Waals surface area contributed by atoms with Crippen LogP contribution < -0.4 is 15.4 Å².